The number of carbonyl (C=O) groups is 1. The lowest BCUT2D eigenvalue weighted by atomic mass is 10.3. The van der Waals surface area contributed by atoms with E-state index in [0.29, 0.717) is 28.4 Å². The zero-order chi connectivity index (χ0) is 12.3. The van der Waals surface area contributed by atoms with Crippen LogP contribution in [0.4, 0.5) is 5.69 Å². The maximum atomic E-state index is 11.9. The lowest BCUT2D eigenvalue weighted by Crippen LogP contribution is -2.39. The highest BCUT2D eigenvalue weighted by Crippen LogP contribution is 2.30. The Hall–Kier alpha value is -0.620. The predicted octanol–water partition coefficient (Wildman–Crippen LogP) is 2.46. The first-order chi connectivity index (χ1) is 8.18. The second kappa shape index (κ2) is 5.82. The smallest absolute Gasteiger partial charge is 0.255 e. The molecule has 0 radical (unpaired) electrons. The fraction of sp³-hybridized carbons (Fsp3) is 0.364. The van der Waals surface area contributed by atoms with Crippen molar-refractivity contribution in [3.05, 3.63) is 27.7 Å². The first kappa shape index (κ1) is 12.8. The van der Waals surface area contributed by atoms with E-state index in [9.17, 15) is 4.79 Å². The molecule has 17 heavy (non-hydrogen) atoms. The van der Waals surface area contributed by atoms with E-state index in [1.807, 2.05) is 0 Å². The van der Waals surface area contributed by atoms with Crippen molar-refractivity contribution in [1.29, 1.82) is 0 Å². The van der Waals surface area contributed by atoms with E-state index >= 15 is 0 Å². The Kier molecular flexibility index (Phi) is 4.39. The second-order valence-corrected chi connectivity index (χ2v) is 4.73. The van der Waals surface area contributed by atoms with Crippen LogP contribution in [0.2, 0.25) is 5.02 Å². The van der Waals surface area contributed by atoms with Crippen molar-refractivity contribution in [2.24, 2.45) is 0 Å². The Balaban J connectivity index is 2.04. The average Bonchev–Trinajstić information content (AvgIpc) is 2.36. The highest BCUT2D eigenvalue weighted by molar-refractivity contribution is 9.10. The molecule has 1 N–H and O–H groups in total. The van der Waals surface area contributed by atoms with Crippen molar-refractivity contribution in [3.63, 3.8) is 0 Å². The van der Waals surface area contributed by atoms with Crippen LogP contribution in [-0.2, 0) is 14.3 Å². The number of rotatable bonds is 2. The Morgan fingerprint density at radius 2 is 2.29 bits per heavy atom. The molecule has 1 unspecified atom stereocenters. The molecular formula is C11H11BrClNO3. The average molecular weight is 321 g/mol. The summed E-state index contributed by atoms with van der Waals surface area (Å²) in [5, 5.41) is 3.29. The van der Waals surface area contributed by atoms with Crippen LogP contribution in [0.3, 0.4) is 0 Å². The summed E-state index contributed by atoms with van der Waals surface area (Å²) in [4.78, 5) is 11.9. The molecule has 0 aromatic heterocycles. The quantitative estimate of drug-likeness (QED) is 0.910. The van der Waals surface area contributed by atoms with Crippen molar-refractivity contribution in [3.8, 4) is 0 Å². The van der Waals surface area contributed by atoms with E-state index < -0.39 is 6.10 Å². The third kappa shape index (κ3) is 3.19. The minimum Gasteiger partial charge on any atom is -0.376 e. The summed E-state index contributed by atoms with van der Waals surface area (Å²) in [5.41, 5.74) is 0.622. The van der Waals surface area contributed by atoms with E-state index in [-0.39, 0.29) is 12.5 Å². The highest BCUT2D eigenvalue weighted by atomic mass is 79.9. The van der Waals surface area contributed by atoms with Gasteiger partial charge in [0.25, 0.3) is 5.91 Å². The predicted molar refractivity (Wildman–Crippen MR) is 68.3 cm³/mol. The molecule has 4 nitrogen and oxygen atoms in total. The molecule has 1 atom stereocenters. The van der Waals surface area contributed by atoms with Gasteiger partial charge in [-0.1, -0.05) is 17.7 Å². The molecule has 2 rings (SSSR count). The van der Waals surface area contributed by atoms with Gasteiger partial charge in [0, 0.05) is 0 Å². The van der Waals surface area contributed by atoms with E-state index in [1.165, 1.54) is 0 Å². The monoisotopic (exact) mass is 319 g/mol. The molecule has 1 aromatic carbocycles. The molecule has 1 amide bonds. The minimum absolute atomic E-state index is 0.229. The Morgan fingerprint density at radius 3 is 3.00 bits per heavy atom. The maximum absolute atomic E-state index is 11.9. The van der Waals surface area contributed by atoms with Gasteiger partial charge in [0.1, 0.15) is 0 Å². The van der Waals surface area contributed by atoms with Crippen molar-refractivity contribution in [2.75, 3.05) is 25.1 Å². The van der Waals surface area contributed by atoms with Crippen molar-refractivity contribution in [2.45, 2.75) is 6.10 Å². The normalized spacial score (nSPS) is 20.0. The summed E-state index contributed by atoms with van der Waals surface area (Å²) in [6, 6.07) is 5.26. The molecule has 0 saturated carbocycles. The summed E-state index contributed by atoms with van der Waals surface area (Å²) in [7, 11) is 0. The van der Waals surface area contributed by atoms with Gasteiger partial charge in [-0.2, -0.15) is 0 Å². The SMILES string of the molecule is O=C(Nc1cccc(Cl)c1Br)C1COCCO1. The van der Waals surface area contributed by atoms with E-state index in [2.05, 4.69) is 21.2 Å². The number of hydrogen-bond acceptors (Lipinski definition) is 3. The largest absolute Gasteiger partial charge is 0.376 e. The molecular weight excluding hydrogens is 309 g/mol. The van der Waals surface area contributed by atoms with Crippen LogP contribution in [0.5, 0.6) is 0 Å². The summed E-state index contributed by atoms with van der Waals surface area (Å²) < 4.78 is 11.1. The first-order valence-electron chi connectivity index (χ1n) is 5.12. The number of nitrogens with one attached hydrogen (secondary N) is 1. The lowest BCUT2D eigenvalue weighted by molar-refractivity contribution is -0.142. The van der Waals surface area contributed by atoms with Gasteiger partial charge >= 0.3 is 0 Å². The number of anilines is 1. The zero-order valence-corrected chi connectivity index (χ0v) is 11.3. The molecule has 0 spiro atoms. The second-order valence-electron chi connectivity index (χ2n) is 3.52. The van der Waals surface area contributed by atoms with E-state index in [4.69, 9.17) is 21.1 Å². The molecule has 1 saturated heterocycles. The molecule has 6 heteroatoms. The van der Waals surface area contributed by atoms with Crippen LogP contribution in [-0.4, -0.2) is 31.8 Å². The van der Waals surface area contributed by atoms with Crippen LogP contribution in [0, 0.1) is 0 Å². The number of ether oxygens (including phenoxy) is 2. The van der Waals surface area contributed by atoms with Crippen molar-refractivity contribution >= 4 is 39.1 Å². The number of benzene rings is 1. The molecule has 1 heterocycles. The summed E-state index contributed by atoms with van der Waals surface area (Å²) in [5.74, 6) is -0.229. The number of hydrogen-bond donors (Lipinski definition) is 1. The molecule has 1 aromatic rings. The van der Waals surface area contributed by atoms with Crippen molar-refractivity contribution in [1.82, 2.24) is 0 Å². The first-order valence-corrected chi connectivity index (χ1v) is 6.30. The van der Waals surface area contributed by atoms with E-state index in [0.717, 1.165) is 0 Å². The number of amides is 1. The Labute approximate surface area is 112 Å². The number of carbonyl (C=O) groups excluding carboxylic acids is 1. The van der Waals surface area contributed by atoms with Crippen LogP contribution in [0.1, 0.15) is 0 Å². The standard InChI is InChI=1S/C11H11BrClNO3/c12-10-7(13)2-1-3-8(10)14-11(15)9-6-16-4-5-17-9/h1-3,9H,4-6H2,(H,14,15). The lowest BCUT2D eigenvalue weighted by Gasteiger charge is -2.22. The third-order valence-electron chi connectivity index (χ3n) is 2.32. The Morgan fingerprint density at radius 1 is 1.47 bits per heavy atom. The molecule has 1 fully saturated rings. The Bertz CT molecular complexity index is 421. The van der Waals surface area contributed by atoms with Crippen LogP contribution >= 0.6 is 27.5 Å². The van der Waals surface area contributed by atoms with Gasteiger partial charge in [-0.05, 0) is 28.1 Å². The summed E-state index contributed by atoms with van der Waals surface area (Å²) >= 11 is 9.24. The molecule has 0 bridgehead atoms. The zero-order valence-electron chi connectivity index (χ0n) is 8.91. The fourth-order valence-corrected chi connectivity index (χ4v) is 1.99. The topological polar surface area (TPSA) is 47.6 Å². The molecule has 1 aliphatic heterocycles. The highest BCUT2D eigenvalue weighted by Gasteiger charge is 2.23. The minimum atomic E-state index is -0.561. The van der Waals surface area contributed by atoms with Gasteiger partial charge in [-0.25, -0.2) is 0 Å². The molecule has 1 aliphatic rings. The van der Waals surface area contributed by atoms with Gasteiger partial charge in [-0.3, -0.25) is 4.79 Å². The van der Waals surface area contributed by atoms with Gasteiger partial charge in [0.2, 0.25) is 0 Å². The molecule has 0 aliphatic carbocycles. The number of halogens is 2. The van der Waals surface area contributed by atoms with Gasteiger partial charge in [0.15, 0.2) is 6.10 Å². The molecule has 92 valence electrons. The van der Waals surface area contributed by atoms with Crippen molar-refractivity contribution < 1.29 is 14.3 Å². The van der Waals surface area contributed by atoms with Crippen LogP contribution in [0.25, 0.3) is 0 Å². The van der Waals surface area contributed by atoms with Gasteiger partial charge in [-0.15, -0.1) is 0 Å². The summed E-state index contributed by atoms with van der Waals surface area (Å²) in [6.07, 6.45) is -0.561. The maximum Gasteiger partial charge on any atom is 0.255 e. The van der Waals surface area contributed by atoms with Crippen LogP contribution in [0.15, 0.2) is 22.7 Å². The van der Waals surface area contributed by atoms with Gasteiger partial charge in [0.05, 0.1) is 35.0 Å². The van der Waals surface area contributed by atoms with Crippen LogP contribution < -0.4 is 5.32 Å². The summed E-state index contributed by atoms with van der Waals surface area (Å²) in [6.45, 7) is 1.25. The van der Waals surface area contributed by atoms with Gasteiger partial charge < -0.3 is 14.8 Å². The third-order valence-corrected chi connectivity index (χ3v) is 3.72. The fourth-order valence-electron chi connectivity index (χ4n) is 1.45. The van der Waals surface area contributed by atoms with E-state index in [1.54, 1.807) is 18.2 Å².